The fourth-order valence-electron chi connectivity index (χ4n) is 3.45. The first-order chi connectivity index (χ1) is 13.1. The van der Waals surface area contributed by atoms with Gasteiger partial charge in [-0.1, -0.05) is 29.8 Å². The molecule has 7 heteroatoms. The Kier molecular flexibility index (Phi) is 13.6. The van der Waals surface area contributed by atoms with Crippen LogP contribution < -0.4 is 30.1 Å². The second-order valence-corrected chi connectivity index (χ2v) is 7.05. The molecule has 1 N–H and O–H groups in total. The standard InChI is InChI=1S/C23H28N4.2ClH.Fe/c1-18-14-19(2)23(20(3)15-18)26-12-13-27(16-21-8-4-6-10-24-21)17-22-9-5-7-11-25-22;;;/h4-11,14-15,26H,12-13,16-17H2,1-3H3;2*1H;/q;;;+2/p-2. The summed E-state index contributed by atoms with van der Waals surface area (Å²) in [5.41, 5.74) is 7.31. The molecule has 0 atom stereocenters. The predicted octanol–water partition coefficient (Wildman–Crippen LogP) is -1.48. The molecule has 0 saturated carbocycles. The van der Waals surface area contributed by atoms with Crippen molar-refractivity contribution in [3.8, 4) is 0 Å². The normalized spacial score (nSPS) is 9.87. The zero-order valence-corrected chi connectivity index (χ0v) is 20.2. The maximum atomic E-state index is 4.48. The van der Waals surface area contributed by atoms with Gasteiger partial charge in [0.1, 0.15) is 0 Å². The van der Waals surface area contributed by atoms with Crippen LogP contribution in [-0.2, 0) is 30.2 Å². The van der Waals surface area contributed by atoms with Crippen LogP contribution in [0.2, 0.25) is 0 Å². The average molecular weight is 487 g/mol. The maximum Gasteiger partial charge on any atom is 2.00 e. The Hall–Kier alpha value is -1.62. The number of anilines is 1. The van der Waals surface area contributed by atoms with Crippen molar-refractivity contribution in [3.05, 3.63) is 89.0 Å². The van der Waals surface area contributed by atoms with E-state index >= 15 is 0 Å². The third-order valence-corrected chi connectivity index (χ3v) is 4.63. The zero-order chi connectivity index (χ0) is 19.1. The summed E-state index contributed by atoms with van der Waals surface area (Å²) in [5.74, 6) is 0. The molecule has 0 fully saturated rings. The van der Waals surface area contributed by atoms with Gasteiger partial charge in [0.2, 0.25) is 0 Å². The molecule has 0 radical (unpaired) electrons. The summed E-state index contributed by atoms with van der Waals surface area (Å²) < 4.78 is 0. The molecule has 0 aliphatic rings. The van der Waals surface area contributed by atoms with Crippen molar-refractivity contribution in [2.75, 3.05) is 18.4 Å². The van der Waals surface area contributed by atoms with Gasteiger partial charge in [0.05, 0.1) is 11.4 Å². The molecule has 0 spiro atoms. The van der Waals surface area contributed by atoms with Gasteiger partial charge in [0, 0.05) is 44.3 Å². The summed E-state index contributed by atoms with van der Waals surface area (Å²) in [4.78, 5) is 11.3. The number of hydrogen-bond donors (Lipinski definition) is 1. The van der Waals surface area contributed by atoms with Crippen LogP contribution >= 0.6 is 0 Å². The number of halogens is 2. The fraction of sp³-hybridized carbons (Fsp3) is 0.304. The van der Waals surface area contributed by atoms with E-state index in [0.29, 0.717) is 0 Å². The molecule has 1 aromatic carbocycles. The first kappa shape index (κ1) is 28.4. The number of rotatable bonds is 8. The first-order valence-electron chi connectivity index (χ1n) is 9.46. The van der Waals surface area contributed by atoms with Gasteiger partial charge in [-0.05, 0) is 56.2 Å². The number of nitrogens with one attached hydrogen (secondary N) is 1. The topological polar surface area (TPSA) is 41.0 Å². The van der Waals surface area contributed by atoms with Crippen molar-refractivity contribution in [1.82, 2.24) is 14.9 Å². The molecule has 2 heterocycles. The molecule has 3 rings (SSSR count). The fourth-order valence-corrected chi connectivity index (χ4v) is 3.45. The molecular formula is C23H28Cl2FeN4. The monoisotopic (exact) mass is 486 g/mol. The number of hydrogen-bond acceptors (Lipinski definition) is 4. The van der Waals surface area contributed by atoms with Crippen LogP contribution in [0.25, 0.3) is 0 Å². The van der Waals surface area contributed by atoms with Crippen molar-refractivity contribution in [2.45, 2.75) is 33.9 Å². The molecule has 30 heavy (non-hydrogen) atoms. The Morgan fingerprint density at radius 1 is 0.800 bits per heavy atom. The van der Waals surface area contributed by atoms with Gasteiger partial charge in [0.25, 0.3) is 0 Å². The Balaban J connectivity index is 0.00000280. The Morgan fingerprint density at radius 2 is 1.30 bits per heavy atom. The molecular weight excluding hydrogens is 459 g/mol. The van der Waals surface area contributed by atoms with E-state index in [9.17, 15) is 0 Å². The van der Waals surface area contributed by atoms with Crippen LogP contribution in [0.1, 0.15) is 28.1 Å². The van der Waals surface area contributed by atoms with E-state index in [2.05, 4.69) is 65.2 Å². The van der Waals surface area contributed by atoms with Crippen LogP contribution in [0.15, 0.2) is 60.9 Å². The third kappa shape index (κ3) is 8.63. The van der Waals surface area contributed by atoms with Crippen LogP contribution in [0.3, 0.4) is 0 Å². The largest absolute Gasteiger partial charge is 2.00 e. The van der Waals surface area contributed by atoms with E-state index < -0.39 is 0 Å². The van der Waals surface area contributed by atoms with Gasteiger partial charge in [0.15, 0.2) is 0 Å². The van der Waals surface area contributed by atoms with Gasteiger partial charge in [-0.15, -0.1) is 0 Å². The van der Waals surface area contributed by atoms with Gasteiger partial charge in [-0.3, -0.25) is 14.9 Å². The van der Waals surface area contributed by atoms with Gasteiger partial charge >= 0.3 is 17.1 Å². The van der Waals surface area contributed by atoms with E-state index in [4.69, 9.17) is 0 Å². The molecule has 0 aliphatic heterocycles. The van der Waals surface area contributed by atoms with Crippen molar-refractivity contribution in [3.63, 3.8) is 0 Å². The molecule has 2 aromatic heterocycles. The molecule has 0 aliphatic carbocycles. The van der Waals surface area contributed by atoms with Crippen LogP contribution in [0.5, 0.6) is 0 Å². The number of nitrogens with zero attached hydrogens (tertiary/aromatic N) is 3. The molecule has 0 bridgehead atoms. The quantitative estimate of drug-likeness (QED) is 0.394. The summed E-state index contributed by atoms with van der Waals surface area (Å²) >= 11 is 0. The number of aryl methyl sites for hydroxylation is 3. The summed E-state index contributed by atoms with van der Waals surface area (Å²) in [6.07, 6.45) is 3.71. The minimum atomic E-state index is 0. The van der Waals surface area contributed by atoms with E-state index in [1.807, 2.05) is 36.7 Å². The van der Waals surface area contributed by atoms with Crippen molar-refractivity contribution in [1.29, 1.82) is 0 Å². The van der Waals surface area contributed by atoms with Crippen molar-refractivity contribution >= 4 is 5.69 Å². The van der Waals surface area contributed by atoms with Gasteiger partial charge < -0.3 is 30.1 Å². The number of pyridine rings is 2. The molecule has 4 nitrogen and oxygen atoms in total. The first-order valence-corrected chi connectivity index (χ1v) is 9.46. The number of benzene rings is 1. The molecule has 0 amide bonds. The minimum Gasteiger partial charge on any atom is -1.00 e. The van der Waals surface area contributed by atoms with Gasteiger partial charge in [-0.2, -0.15) is 0 Å². The summed E-state index contributed by atoms with van der Waals surface area (Å²) in [6.45, 7) is 9.90. The zero-order valence-electron chi connectivity index (χ0n) is 17.6. The van der Waals surface area contributed by atoms with Crippen LogP contribution in [0.4, 0.5) is 5.69 Å². The second kappa shape index (κ2) is 14.4. The summed E-state index contributed by atoms with van der Waals surface area (Å²) in [7, 11) is 0. The molecule has 0 unspecified atom stereocenters. The van der Waals surface area contributed by atoms with E-state index in [-0.39, 0.29) is 41.9 Å². The summed E-state index contributed by atoms with van der Waals surface area (Å²) in [5, 5.41) is 3.63. The Bertz CT molecular complexity index is 799. The second-order valence-electron chi connectivity index (χ2n) is 7.05. The van der Waals surface area contributed by atoms with Gasteiger partial charge in [-0.25, -0.2) is 0 Å². The van der Waals surface area contributed by atoms with Crippen LogP contribution in [0, 0.1) is 20.8 Å². The Morgan fingerprint density at radius 3 is 1.73 bits per heavy atom. The Labute approximate surface area is 203 Å². The van der Waals surface area contributed by atoms with E-state index in [1.165, 1.54) is 22.4 Å². The molecule has 0 saturated heterocycles. The third-order valence-electron chi connectivity index (χ3n) is 4.63. The van der Waals surface area contributed by atoms with E-state index in [0.717, 1.165) is 37.6 Å². The summed E-state index contributed by atoms with van der Waals surface area (Å²) in [6, 6.07) is 16.6. The van der Waals surface area contributed by atoms with Crippen molar-refractivity contribution in [2.24, 2.45) is 0 Å². The predicted molar refractivity (Wildman–Crippen MR) is 112 cm³/mol. The molecule has 162 valence electrons. The SMILES string of the molecule is Cc1cc(C)c(NCCN(Cc2ccccn2)Cc2ccccn2)c(C)c1.[Cl-].[Cl-].[Fe+2]. The van der Waals surface area contributed by atoms with Crippen LogP contribution in [-0.4, -0.2) is 28.0 Å². The number of aromatic nitrogens is 2. The van der Waals surface area contributed by atoms with Crippen molar-refractivity contribution < 1.29 is 41.9 Å². The smallest absolute Gasteiger partial charge is 1.00 e. The van der Waals surface area contributed by atoms with E-state index in [1.54, 1.807) is 0 Å². The average Bonchev–Trinajstić information content (AvgIpc) is 2.65. The molecule has 3 aromatic rings. The maximum absolute atomic E-state index is 4.48. The minimum absolute atomic E-state index is 0.